The van der Waals surface area contributed by atoms with Crippen LogP contribution in [0.1, 0.15) is 35.8 Å². The third-order valence-corrected chi connectivity index (χ3v) is 5.40. The van der Waals surface area contributed by atoms with Crippen molar-refractivity contribution >= 4 is 23.2 Å². The molecule has 0 N–H and O–H groups in total. The van der Waals surface area contributed by atoms with Crippen LogP contribution in [-0.4, -0.2) is 34.4 Å². The van der Waals surface area contributed by atoms with Gasteiger partial charge in [0.25, 0.3) is 0 Å². The molecule has 24 heavy (non-hydrogen) atoms. The second kappa shape index (κ2) is 7.34. The van der Waals surface area contributed by atoms with Gasteiger partial charge < -0.3 is 4.74 Å². The maximum atomic E-state index is 6.16. The van der Waals surface area contributed by atoms with Crippen molar-refractivity contribution in [2.75, 3.05) is 19.7 Å². The number of hydrogen-bond donors (Lipinski definition) is 0. The zero-order valence-electron chi connectivity index (χ0n) is 14.4. The molecule has 130 valence electrons. The first kappa shape index (κ1) is 17.6. The molecule has 0 spiro atoms. The summed E-state index contributed by atoms with van der Waals surface area (Å²) in [6.45, 7) is 6.74. The molecule has 1 atom stereocenters. The summed E-state index contributed by atoms with van der Waals surface area (Å²) < 4.78 is 7.83. The van der Waals surface area contributed by atoms with E-state index in [1.165, 1.54) is 24.1 Å². The van der Waals surface area contributed by atoms with Crippen LogP contribution in [0.5, 0.6) is 5.75 Å². The van der Waals surface area contributed by atoms with Crippen LogP contribution in [0.3, 0.4) is 0 Å². The van der Waals surface area contributed by atoms with Crippen LogP contribution in [0.25, 0.3) is 0 Å². The highest BCUT2D eigenvalue weighted by atomic mass is 35.5. The van der Waals surface area contributed by atoms with E-state index in [2.05, 4.69) is 23.8 Å². The Kier molecular flexibility index (Phi) is 5.38. The first-order valence-electron chi connectivity index (χ1n) is 8.30. The van der Waals surface area contributed by atoms with Gasteiger partial charge in [-0.3, -0.25) is 9.58 Å². The van der Waals surface area contributed by atoms with Gasteiger partial charge in [-0.05, 0) is 45.4 Å². The molecule has 1 saturated heterocycles. The Morgan fingerprint density at radius 2 is 1.96 bits per heavy atom. The average Bonchev–Trinajstić information content (AvgIpc) is 3.07. The van der Waals surface area contributed by atoms with E-state index in [1.54, 1.807) is 12.1 Å². The van der Waals surface area contributed by atoms with Crippen LogP contribution in [-0.2, 0) is 7.05 Å². The molecule has 3 rings (SSSR count). The second-order valence-corrected chi connectivity index (χ2v) is 7.12. The van der Waals surface area contributed by atoms with Crippen LogP contribution < -0.4 is 4.74 Å². The standard InChI is InChI=1S/C18H23Cl2N3O/c1-12-17(13(2)22(3)21-12)16-8-5-9-23(16)10-11-24-18-14(19)6-4-7-15(18)20/h4,6-7,16H,5,8-11H2,1-3H3. The van der Waals surface area contributed by atoms with Crippen molar-refractivity contribution in [1.82, 2.24) is 14.7 Å². The fourth-order valence-corrected chi connectivity index (χ4v) is 4.08. The normalized spacial score (nSPS) is 18.3. The van der Waals surface area contributed by atoms with Gasteiger partial charge in [-0.2, -0.15) is 5.10 Å². The van der Waals surface area contributed by atoms with Crippen molar-refractivity contribution in [3.8, 4) is 5.75 Å². The lowest BCUT2D eigenvalue weighted by molar-refractivity contribution is 0.197. The quantitative estimate of drug-likeness (QED) is 0.775. The number of para-hydroxylation sites is 1. The lowest BCUT2D eigenvalue weighted by Gasteiger charge is -2.25. The van der Waals surface area contributed by atoms with Crippen LogP contribution in [0.4, 0.5) is 0 Å². The Morgan fingerprint density at radius 1 is 1.25 bits per heavy atom. The van der Waals surface area contributed by atoms with Crippen LogP contribution in [0.2, 0.25) is 10.0 Å². The molecular formula is C18H23Cl2N3O. The number of nitrogens with zero attached hydrogens (tertiary/aromatic N) is 3. The van der Waals surface area contributed by atoms with Gasteiger partial charge in [-0.25, -0.2) is 0 Å². The predicted molar refractivity (Wildman–Crippen MR) is 98.2 cm³/mol. The molecular weight excluding hydrogens is 345 g/mol. The maximum Gasteiger partial charge on any atom is 0.156 e. The van der Waals surface area contributed by atoms with Gasteiger partial charge in [0, 0.05) is 30.9 Å². The summed E-state index contributed by atoms with van der Waals surface area (Å²) in [5.41, 5.74) is 3.74. The van der Waals surface area contributed by atoms with Crippen molar-refractivity contribution in [1.29, 1.82) is 0 Å². The molecule has 1 aromatic heterocycles. The highest BCUT2D eigenvalue weighted by Gasteiger charge is 2.30. The van der Waals surface area contributed by atoms with E-state index in [-0.39, 0.29) is 0 Å². The molecule has 1 aromatic carbocycles. The minimum Gasteiger partial charge on any atom is -0.489 e. The zero-order valence-corrected chi connectivity index (χ0v) is 15.9. The molecule has 4 nitrogen and oxygen atoms in total. The lowest BCUT2D eigenvalue weighted by atomic mass is 10.0. The SMILES string of the molecule is Cc1nn(C)c(C)c1C1CCCN1CCOc1c(Cl)cccc1Cl. The summed E-state index contributed by atoms with van der Waals surface area (Å²) >= 11 is 12.3. The lowest BCUT2D eigenvalue weighted by Crippen LogP contribution is -2.28. The summed E-state index contributed by atoms with van der Waals surface area (Å²) in [5.74, 6) is 0.574. The number of halogens is 2. The monoisotopic (exact) mass is 367 g/mol. The molecule has 0 radical (unpaired) electrons. The van der Waals surface area contributed by atoms with Gasteiger partial charge in [0.05, 0.1) is 15.7 Å². The van der Waals surface area contributed by atoms with Crippen molar-refractivity contribution in [3.63, 3.8) is 0 Å². The molecule has 2 aromatic rings. The smallest absolute Gasteiger partial charge is 0.156 e. The van der Waals surface area contributed by atoms with Crippen molar-refractivity contribution < 1.29 is 4.74 Å². The van der Waals surface area contributed by atoms with Gasteiger partial charge in [0.2, 0.25) is 0 Å². The number of hydrogen-bond acceptors (Lipinski definition) is 3. The fraction of sp³-hybridized carbons (Fsp3) is 0.500. The predicted octanol–water partition coefficient (Wildman–Crippen LogP) is 4.56. The highest BCUT2D eigenvalue weighted by Crippen LogP contribution is 2.36. The molecule has 1 aliphatic heterocycles. The van der Waals surface area contributed by atoms with Gasteiger partial charge in [-0.15, -0.1) is 0 Å². The summed E-state index contributed by atoms with van der Waals surface area (Å²) in [6.07, 6.45) is 2.37. The Balaban J connectivity index is 1.67. The molecule has 0 amide bonds. The second-order valence-electron chi connectivity index (χ2n) is 6.30. The summed E-state index contributed by atoms with van der Waals surface area (Å²) in [7, 11) is 2.01. The maximum absolute atomic E-state index is 6.16. The van der Waals surface area contributed by atoms with Gasteiger partial charge in [0.15, 0.2) is 5.75 Å². The number of benzene rings is 1. The minimum atomic E-state index is 0.420. The average molecular weight is 368 g/mol. The third-order valence-electron chi connectivity index (χ3n) is 4.81. The summed E-state index contributed by atoms with van der Waals surface area (Å²) in [4.78, 5) is 2.47. The number of rotatable bonds is 5. The largest absolute Gasteiger partial charge is 0.489 e. The Hall–Kier alpha value is -1.23. The van der Waals surface area contributed by atoms with E-state index in [1.807, 2.05) is 17.8 Å². The van der Waals surface area contributed by atoms with Gasteiger partial charge >= 0.3 is 0 Å². The molecule has 6 heteroatoms. The topological polar surface area (TPSA) is 30.3 Å². The minimum absolute atomic E-state index is 0.420. The summed E-state index contributed by atoms with van der Waals surface area (Å²) in [6, 6.07) is 5.83. The number of aromatic nitrogens is 2. The molecule has 0 aliphatic carbocycles. The first-order chi connectivity index (χ1) is 11.5. The number of ether oxygens (including phenoxy) is 1. The van der Waals surface area contributed by atoms with Gasteiger partial charge in [-0.1, -0.05) is 29.3 Å². The van der Waals surface area contributed by atoms with Crippen LogP contribution in [0, 0.1) is 13.8 Å². The van der Waals surface area contributed by atoms with E-state index in [0.717, 1.165) is 18.8 Å². The Labute approximate surface area is 153 Å². The zero-order chi connectivity index (χ0) is 17.3. The molecule has 0 bridgehead atoms. The van der Waals surface area contributed by atoms with E-state index < -0.39 is 0 Å². The van der Waals surface area contributed by atoms with E-state index in [4.69, 9.17) is 27.9 Å². The molecule has 0 saturated carbocycles. The molecule has 1 fully saturated rings. The van der Waals surface area contributed by atoms with E-state index in [0.29, 0.717) is 28.4 Å². The number of likely N-dealkylation sites (tertiary alicyclic amines) is 1. The Morgan fingerprint density at radius 3 is 2.58 bits per heavy atom. The third kappa shape index (κ3) is 3.41. The van der Waals surface area contributed by atoms with Crippen molar-refractivity contribution in [2.24, 2.45) is 7.05 Å². The Bertz CT molecular complexity index is 709. The van der Waals surface area contributed by atoms with Crippen molar-refractivity contribution in [3.05, 3.63) is 45.2 Å². The molecule has 1 unspecified atom stereocenters. The summed E-state index contributed by atoms with van der Waals surface area (Å²) in [5, 5.41) is 5.67. The number of aryl methyl sites for hydroxylation is 2. The first-order valence-corrected chi connectivity index (χ1v) is 9.05. The van der Waals surface area contributed by atoms with Crippen molar-refractivity contribution in [2.45, 2.75) is 32.7 Å². The fourth-order valence-electron chi connectivity index (χ4n) is 3.58. The van der Waals surface area contributed by atoms with Gasteiger partial charge in [0.1, 0.15) is 6.61 Å². The molecule has 1 aliphatic rings. The van der Waals surface area contributed by atoms with Crippen LogP contribution >= 0.6 is 23.2 Å². The molecule has 2 heterocycles. The van der Waals surface area contributed by atoms with Crippen LogP contribution in [0.15, 0.2) is 18.2 Å². The van der Waals surface area contributed by atoms with E-state index >= 15 is 0 Å². The van der Waals surface area contributed by atoms with E-state index in [9.17, 15) is 0 Å². The highest BCUT2D eigenvalue weighted by molar-refractivity contribution is 6.37.